The number of aromatic amines is 1. The fourth-order valence-electron chi connectivity index (χ4n) is 8.00. The minimum absolute atomic E-state index is 0.0209. The number of H-pyrrole nitrogens is 1. The van der Waals surface area contributed by atoms with Gasteiger partial charge < -0.3 is 42.8 Å². The Bertz CT molecular complexity index is 2530. The number of guanidine groups is 1. The molecular weight excluding hydrogens is 894 g/mol. The van der Waals surface area contributed by atoms with Gasteiger partial charge in [-0.1, -0.05) is 54.6 Å². The number of esters is 1. The number of carbonyl (C=O) groups excluding carboxylic acids is 2. The van der Waals surface area contributed by atoms with Crippen LogP contribution in [0, 0.1) is 11.3 Å². The number of rotatable bonds is 22. The molecule has 3 aromatic carbocycles. The third-order valence-corrected chi connectivity index (χ3v) is 13.3. The summed E-state index contributed by atoms with van der Waals surface area (Å²) in [6, 6.07) is 26.8. The molecule has 0 spiro atoms. The van der Waals surface area contributed by atoms with Crippen LogP contribution in [0.5, 0.6) is 11.5 Å². The molecule has 0 saturated carbocycles. The van der Waals surface area contributed by atoms with Gasteiger partial charge in [-0.15, -0.1) is 0 Å². The summed E-state index contributed by atoms with van der Waals surface area (Å²) in [5.41, 5.74) is 0.485. The number of aliphatic imine (C=N–C) groups is 1. The highest BCUT2D eigenvalue weighted by molar-refractivity contribution is 7.44. The number of imidazole rings is 1. The monoisotopic (exact) mass is 953 g/mol. The van der Waals surface area contributed by atoms with Crippen LogP contribution >= 0.6 is 8.53 Å². The van der Waals surface area contributed by atoms with E-state index in [-0.39, 0.29) is 67.5 Å². The normalized spacial score (nSPS) is 17.9. The van der Waals surface area contributed by atoms with Gasteiger partial charge in [-0.25, -0.2) is 9.65 Å². The van der Waals surface area contributed by atoms with Gasteiger partial charge >= 0.3 is 5.97 Å². The molecule has 0 aliphatic carbocycles. The van der Waals surface area contributed by atoms with Gasteiger partial charge in [-0.2, -0.15) is 10.2 Å². The summed E-state index contributed by atoms with van der Waals surface area (Å²) in [5.74, 6) is 0.752. The van der Waals surface area contributed by atoms with Crippen LogP contribution in [-0.2, 0) is 38.4 Å². The molecule has 1 aliphatic rings. The van der Waals surface area contributed by atoms with Crippen molar-refractivity contribution in [2.75, 3.05) is 46.8 Å². The van der Waals surface area contributed by atoms with Gasteiger partial charge in [0.1, 0.15) is 35.1 Å². The number of aromatic nitrogens is 4. The van der Waals surface area contributed by atoms with E-state index in [1.54, 1.807) is 28.3 Å². The molecule has 19 nitrogen and oxygen atoms in total. The topological polar surface area (TPSA) is 226 Å². The van der Waals surface area contributed by atoms with E-state index in [1.807, 2.05) is 107 Å². The quantitative estimate of drug-likeness (QED) is 0.0166. The van der Waals surface area contributed by atoms with E-state index in [4.69, 9.17) is 37.7 Å². The second-order valence-electron chi connectivity index (χ2n) is 16.3. The van der Waals surface area contributed by atoms with E-state index in [0.29, 0.717) is 17.5 Å². The number of hydrogen-bond donors (Lipinski definition) is 3. The Morgan fingerprint density at radius 2 is 1.57 bits per heavy atom. The summed E-state index contributed by atoms with van der Waals surface area (Å²) in [6.07, 6.45) is -3.52. The Morgan fingerprint density at radius 3 is 2.12 bits per heavy atom. The lowest BCUT2D eigenvalue weighted by molar-refractivity contribution is -0.158. The van der Waals surface area contributed by atoms with Crippen LogP contribution in [0.15, 0.2) is 95.0 Å². The molecule has 1 unspecified atom stereocenters. The predicted octanol–water partition coefficient (Wildman–Crippen LogP) is 6.60. The number of nitriles is 1. The molecule has 1 aliphatic heterocycles. The van der Waals surface area contributed by atoms with E-state index in [9.17, 15) is 19.6 Å². The number of Topliss-reactive ketones (excluding diaryl/α,β-unsaturated/α-hetero) is 1. The van der Waals surface area contributed by atoms with Crippen LogP contribution in [-0.4, -0.2) is 114 Å². The zero-order chi connectivity index (χ0) is 49.0. The Kier molecular flexibility index (Phi) is 17.8. The van der Waals surface area contributed by atoms with Crippen LogP contribution in [0.1, 0.15) is 76.8 Å². The third-order valence-electron chi connectivity index (χ3n) is 11.1. The molecule has 0 radical (unpaired) electrons. The molecule has 3 heterocycles. The first-order valence-corrected chi connectivity index (χ1v) is 23.4. The van der Waals surface area contributed by atoms with E-state index in [1.165, 1.54) is 17.8 Å². The molecular formula is C48H60N9O10P. The zero-order valence-electron chi connectivity index (χ0n) is 39.8. The molecule has 68 heavy (non-hydrogen) atoms. The summed E-state index contributed by atoms with van der Waals surface area (Å²) >= 11 is 0. The van der Waals surface area contributed by atoms with Crippen molar-refractivity contribution < 1.29 is 42.3 Å². The summed E-state index contributed by atoms with van der Waals surface area (Å²) in [4.78, 5) is 55.6. The van der Waals surface area contributed by atoms with Crippen molar-refractivity contribution >= 4 is 43.4 Å². The smallest absolute Gasteiger partial charge is 0.306 e. The number of nitrogens with zero attached hydrogens (tertiary/aromatic N) is 6. The first-order valence-electron chi connectivity index (χ1n) is 22.2. The minimum atomic E-state index is -1.99. The SMILES string of the molecule is CN=C(NC)Nc1nc2c(ncn2[C@@H]2O[C@H](COC(c3ccccc3)(c3ccc(OC)cc3)c3ccc(OC)cc3)[C@@H](OP(OCCC#N)N(C(C)C)C(C)C)[C@H]2OC(=O)CCC(C)=O)c(=O)[nH]1. The standard InChI is InChI=1S/C48H60N9O10P/c1-30(2)57(31(3)4)68(64-27-13-26-49)67-41-38(28-63-48(33-14-11-10-12-15-33,34-17-21-36(61-8)22-18-34)35-19-23-37(62-9)24-20-35)65-45(42(41)66-39(59)25-16-32(5)58)56-29-52-40-43(56)53-47(54-44(40)60)55-46(50-6)51-7/h10-12,14-15,17-24,29-31,38,41-42,45H,13,16,25,27-28H2,1-9H3,(H3,50,51,53,54,55,60)/t38-,41-,42-,45-,68?/m1/s1. The highest BCUT2D eigenvalue weighted by atomic mass is 31.2. The maximum atomic E-state index is 13.9. The molecule has 3 N–H and O–H groups in total. The van der Waals surface area contributed by atoms with Crippen LogP contribution in [0.4, 0.5) is 5.95 Å². The van der Waals surface area contributed by atoms with E-state index >= 15 is 0 Å². The summed E-state index contributed by atoms with van der Waals surface area (Å²) in [7, 11) is 4.43. The van der Waals surface area contributed by atoms with Gasteiger partial charge in [0.05, 0.1) is 52.7 Å². The van der Waals surface area contributed by atoms with Gasteiger partial charge in [0.2, 0.25) is 5.95 Å². The Hall–Kier alpha value is -6.26. The highest BCUT2D eigenvalue weighted by Crippen LogP contribution is 2.51. The lowest BCUT2D eigenvalue weighted by Crippen LogP contribution is -2.43. The Morgan fingerprint density at radius 1 is 0.956 bits per heavy atom. The van der Waals surface area contributed by atoms with Gasteiger partial charge in [-0.3, -0.25) is 29.4 Å². The number of hydrogen-bond acceptors (Lipinski definition) is 15. The number of ketones is 1. The minimum Gasteiger partial charge on any atom is -0.497 e. The predicted molar refractivity (Wildman–Crippen MR) is 256 cm³/mol. The van der Waals surface area contributed by atoms with Crippen LogP contribution in [0.2, 0.25) is 0 Å². The fraction of sp³-hybridized carbons (Fsp3) is 0.438. The van der Waals surface area contributed by atoms with E-state index in [2.05, 4.69) is 36.3 Å². The van der Waals surface area contributed by atoms with Crippen molar-refractivity contribution in [1.82, 2.24) is 29.5 Å². The summed E-state index contributed by atoms with van der Waals surface area (Å²) in [5, 5.41) is 15.4. The maximum absolute atomic E-state index is 13.9. The molecule has 5 atom stereocenters. The highest BCUT2D eigenvalue weighted by Gasteiger charge is 2.53. The van der Waals surface area contributed by atoms with Crippen molar-refractivity contribution in [3.8, 4) is 17.6 Å². The third kappa shape index (κ3) is 11.7. The lowest BCUT2D eigenvalue weighted by Gasteiger charge is -2.39. The van der Waals surface area contributed by atoms with E-state index < -0.39 is 50.2 Å². The zero-order valence-corrected chi connectivity index (χ0v) is 40.7. The molecule has 0 amide bonds. The van der Waals surface area contributed by atoms with Gasteiger partial charge in [0.25, 0.3) is 14.1 Å². The van der Waals surface area contributed by atoms with E-state index in [0.717, 1.165) is 16.7 Å². The second-order valence-corrected chi connectivity index (χ2v) is 17.7. The number of fused-ring (bicyclic) bond motifs is 1. The first kappa shape index (κ1) is 51.1. The van der Waals surface area contributed by atoms with Crippen molar-refractivity contribution in [3.63, 3.8) is 0 Å². The van der Waals surface area contributed by atoms with Crippen LogP contribution in [0.25, 0.3) is 11.2 Å². The number of ether oxygens (including phenoxy) is 5. The molecule has 1 saturated heterocycles. The molecule has 20 heteroatoms. The Balaban J connectivity index is 1.56. The first-order chi connectivity index (χ1) is 32.8. The molecule has 2 aromatic heterocycles. The average Bonchev–Trinajstić information content (AvgIpc) is 3.91. The molecule has 362 valence electrons. The van der Waals surface area contributed by atoms with Gasteiger partial charge in [0.15, 0.2) is 29.5 Å². The maximum Gasteiger partial charge on any atom is 0.306 e. The van der Waals surface area contributed by atoms with Crippen molar-refractivity contribution in [2.45, 2.75) is 96.1 Å². The lowest BCUT2D eigenvalue weighted by atomic mass is 9.80. The van der Waals surface area contributed by atoms with Gasteiger partial charge in [-0.05, 0) is 75.6 Å². The molecule has 6 rings (SSSR count). The molecule has 0 bridgehead atoms. The number of nitrogens with one attached hydrogen (secondary N) is 3. The molecule has 5 aromatic rings. The largest absolute Gasteiger partial charge is 0.497 e. The fourth-order valence-corrected chi connectivity index (χ4v) is 9.77. The second kappa shape index (κ2) is 23.6. The van der Waals surface area contributed by atoms with Crippen LogP contribution in [0.3, 0.4) is 0 Å². The van der Waals surface area contributed by atoms with Crippen molar-refractivity contribution in [3.05, 3.63) is 112 Å². The van der Waals surface area contributed by atoms with Crippen LogP contribution < -0.4 is 25.7 Å². The number of benzene rings is 3. The Labute approximate surface area is 397 Å². The average molecular weight is 954 g/mol. The summed E-state index contributed by atoms with van der Waals surface area (Å²) < 4.78 is 49.0. The number of methoxy groups -OCH3 is 2. The number of anilines is 1. The number of carbonyl (C=O) groups is 2. The molecule has 1 fully saturated rings. The van der Waals surface area contributed by atoms with Crippen molar-refractivity contribution in [1.29, 1.82) is 5.26 Å². The summed E-state index contributed by atoms with van der Waals surface area (Å²) in [6.45, 7) is 9.29. The van der Waals surface area contributed by atoms with Crippen molar-refractivity contribution in [2.24, 2.45) is 4.99 Å². The van der Waals surface area contributed by atoms with Gasteiger partial charge in [0, 0.05) is 32.6 Å².